The standard InChI is InChI=1S/C43H34N4O2/c48-42-40(36-21-7-9-23-38(36)46(42)28-30-13-3-1-4-14-30)44-34-19-11-17-32(26-34)25-33-18-12-20-35(27-33)45-41-37-22-8-10-24-39(37)47(43(41)49)29-31-15-5-2-6-16-31/h1-24,26-27,40,44H,25,28-29H2/t40-/m0/s1. The smallest absolute Gasteiger partial charge is 0.277 e. The second kappa shape index (κ2) is 13.1. The first kappa shape index (κ1) is 30.1. The molecule has 6 aromatic rings. The molecule has 0 aromatic heterocycles. The number of hydrogen-bond acceptors (Lipinski definition) is 4. The van der Waals surface area contributed by atoms with Gasteiger partial charge in [-0.15, -0.1) is 0 Å². The number of amides is 2. The van der Waals surface area contributed by atoms with Crippen LogP contribution in [0.4, 0.5) is 22.7 Å². The highest BCUT2D eigenvalue weighted by Crippen LogP contribution is 2.39. The van der Waals surface area contributed by atoms with Gasteiger partial charge in [-0.25, -0.2) is 4.99 Å². The van der Waals surface area contributed by atoms with Gasteiger partial charge in [-0.3, -0.25) is 9.59 Å². The van der Waals surface area contributed by atoms with Crippen molar-refractivity contribution < 1.29 is 9.59 Å². The fourth-order valence-electron chi connectivity index (χ4n) is 6.78. The Balaban J connectivity index is 1.01. The Labute approximate surface area is 286 Å². The number of carbonyl (C=O) groups excluding carboxylic acids is 2. The number of aliphatic imine (C=N–C) groups is 1. The monoisotopic (exact) mass is 638 g/mol. The van der Waals surface area contributed by atoms with E-state index in [0.717, 1.165) is 56.1 Å². The number of carbonyl (C=O) groups is 2. The first-order valence-corrected chi connectivity index (χ1v) is 16.5. The molecule has 238 valence electrons. The van der Waals surface area contributed by atoms with Gasteiger partial charge < -0.3 is 15.1 Å². The number of fused-ring (bicyclic) bond motifs is 2. The van der Waals surface area contributed by atoms with Crippen LogP contribution < -0.4 is 15.1 Å². The molecule has 2 aliphatic heterocycles. The molecule has 49 heavy (non-hydrogen) atoms. The van der Waals surface area contributed by atoms with Gasteiger partial charge in [0.05, 0.1) is 24.5 Å². The summed E-state index contributed by atoms with van der Waals surface area (Å²) in [5.41, 5.74) is 10.1. The molecule has 1 N–H and O–H groups in total. The lowest BCUT2D eigenvalue weighted by molar-refractivity contribution is -0.119. The minimum atomic E-state index is -0.470. The van der Waals surface area contributed by atoms with E-state index in [-0.39, 0.29) is 11.8 Å². The van der Waals surface area contributed by atoms with Gasteiger partial charge >= 0.3 is 0 Å². The van der Waals surface area contributed by atoms with Crippen molar-refractivity contribution in [3.05, 3.63) is 191 Å². The van der Waals surface area contributed by atoms with Crippen LogP contribution >= 0.6 is 0 Å². The van der Waals surface area contributed by atoms with E-state index in [1.165, 1.54) is 0 Å². The van der Waals surface area contributed by atoms with Crippen molar-refractivity contribution in [2.45, 2.75) is 25.6 Å². The Bertz CT molecular complexity index is 2200. The van der Waals surface area contributed by atoms with E-state index in [4.69, 9.17) is 4.99 Å². The molecule has 0 unspecified atom stereocenters. The Morgan fingerprint density at radius 1 is 0.551 bits per heavy atom. The molecule has 1 atom stereocenters. The zero-order valence-corrected chi connectivity index (χ0v) is 26.9. The van der Waals surface area contributed by atoms with Gasteiger partial charge in [0.2, 0.25) is 0 Å². The molecule has 6 nitrogen and oxygen atoms in total. The summed E-state index contributed by atoms with van der Waals surface area (Å²) in [6.45, 7) is 1.01. The van der Waals surface area contributed by atoms with Gasteiger partial charge in [-0.1, -0.05) is 121 Å². The minimum Gasteiger partial charge on any atom is -0.370 e. The topological polar surface area (TPSA) is 65.0 Å². The third-order valence-electron chi connectivity index (χ3n) is 9.11. The van der Waals surface area contributed by atoms with E-state index >= 15 is 0 Å². The third-order valence-corrected chi connectivity index (χ3v) is 9.11. The van der Waals surface area contributed by atoms with Crippen molar-refractivity contribution in [2.75, 3.05) is 15.1 Å². The molecule has 2 aliphatic rings. The van der Waals surface area contributed by atoms with Crippen LogP contribution in [0.5, 0.6) is 0 Å². The highest BCUT2D eigenvalue weighted by Gasteiger charge is 2.37. The summed E-state index contributed by atoms with van der Waals surface area (Å²) in [6, 6.07) is 51.8. The molecule has 2 amide bonds. The summed E-state index contributed by atoms with van der Waals surface area (Å²) in [5, 5.41) is 3.53. The SMILES string of the molecule is O=C1C(=Nc2cccc(Cc3cccc(N[C@@H]4C(=O)N(Cc5ccccc5)c5ccccc54)c3)c2)c2ccccc2N1Cc1ccccc1. The maximum atomic E-state index is 13.8. The second-order valence-electron chi connectivity index (χ2n) is 12.4. The van der Waals surface area contributed by atoms with E-state index in [1.54, 1.807) is 4.90 Å². The lowest BCUT2D eigenvalue weighted by Crippen LogP contribution is -2.30. The molecule has 2 heterocycles. The molecule has 0 saturated carbocycles. The Hall–Kier alpha value is -6.27. The Morgan fingerprint density at radius 3 is 1.90 bits per heavy atom. The number of anilines is 3. The molecule has 8 rings (SSSR count). The molecule has 6 heteroatoms. The second-order valence-corrected chi connectivity index (χ2v) is 12.4. The van der Waals surface area contributed by atoms with Crippen molar-refractivity contribution in [1.29, 1.82) is 0 Å². The van der Waals surface area contributed by atoms with Crippen molar-refractivity contribution in [3.63, 3.8) is 0 Å². The van der Waals surface area contributed by atoms with Crippen molar-refractivity contribution in [1.82, 2.24) is 0 Å². The van der Waals surface area contributed by atoms with Crippen LogP contribution in [0.1, 0.15) is 39.4 Å². The van der Waals surface area contributed by atoms with Gasteiger partial charge in [-0.05, 0) is 65.1 Å². The van der Waals surface area contributed by atoms with E-state index < -0.39 is 6.04 Å². The highest BCUT2D eigenvalue weighted by molar-refractivity contribution is 6.54. The van der Waals surface area contributed by atoms with Crippen molar-refractivity contribution in [3.8, 4) is 0 Å². The van der Waals surface area contributed by atoms with E-state index in [1.807, 2.05) is 144 Å². The molecule has 0 fully saturated rings. The molecule has 0 aliphatic carbocycles. The van der Waals surface area contributed by atoms with Gasteiger partial charge in [0.25, 0.3) is 11.8 Å². The Morgan fingerprint density at radius 2 is 1.14 bits per heavy atom. The average molecular weight is 639 g/mol. The van der Waals surface area contributed by atoms with E-state index in [0.29, 0.717) is 25.2 Å². The van der Waals surface area contributed by atoms with Crippen LogP contribution in [0, 0.1) is 0 Å². The van der Waals surface area contributed by atoms with Crippen LogP contribution in [0.3, 0.4) is 0 Å². The molecule has 0 saturated heterocycles. The van der Waals surface area contributed by atoms with Gasteiger partial charge in [0, 0.05) is 22.5 Å². The molecule has 0 radical (unpaired) electrons. The van der Waals surface area contributed by atoms with Gasteiger partial charge in [-0.2, -0.15) is 0 Å². The summed E-state index contributed by atoms with van der Waals surface area (Å²) >= 11 is 0. The Kier molecular flexibility index (Phi) is 8.04. The largest absolute Gasteiger partial charge is 0.370 e. The zero-order chi connectivity index (χ0) is 33.2. The molecule has 0 spiro atoms. The normalized spacial score (nSPS) is 15.8. The average Bonchev–Trinajstić information content (AvgIpc) is 3.55. The van der Waals surface area contributed by atoms with Crippen molar-refractivity contribution >= 4 is 40.3 Å². The number of para-hydroxylation sites is 2. The summed E-state index contributed by atoms with van der Waals surface area (Å²) in [6.07, 6.45) is 0.675. The maximum Gasteiger partial charge on any atom is 0.277 e. The number of nitrogens with one attached hydrogen (secondary N) is 1. The molecule has 6 aromatic carbocycles. The molecular weight excluding hydrogens is 604 g/mol. The first-order valence-electron chi connectivity index (χ1n) is 16.5. The summed E-state index contributed by atoms with van der Waals surface area (Å²) < 4.78 is 0. The lowest BCUT2D eigenvalue weighted by atomic mass is 10.0. The number of rotatable bonds is 9. The zero-order valence-electron chi connectivity index (χ0n) is 26.9. The summed E-state index contributed by atoms with van der Waals surface area (Å²) in [5.74, 6) is -0.0627. The van der Waals surface area contributed by atoms with E-state index in [9.17, 15) is 9.59 Å². The van der Waals surface area contributed by atoms with Gasteiger partial charge in [0.15, 0.2) is 0 Å². The maximum absolute atomic E-state index is 13.8. The van der Waals surface area contributed by atoms with Gasteiger partial charge in [0.1, 0.15) is 11.8 Å². The van der Waals surface area contributed by atoms with Crippen LogP contribution in [0.25, 0.3) is 0 Å². The fourth-order valence-corrected chi connectivity index (χ4v) is 6.78. The number of benzene rings is 6. The van der Waals surface area contributed by atoms with Crippen LogP contribution in [-0.4, -0.2) is 17.5 Å². The summed E-state index contributed by atoms with van der Waals surface area (Å²) in [7, 11) is 0. The predicted molar refractivity (Wildman–Crippen MR) is 196 cm³/mol. The lowest BCUT2D eigenvalue weighted by Gasteiger charge is -2.19. The highest BCUT2D eigenvalue weighted by atomic mass is 16.2. The third kappa shape index (κ3) is 6.12. The number of hydrogen-bond donors (Lipinski definition) is 1. The predicted octanol–water partition coefficient (Wildman–Crippen LogP) is 8.65. The quantitative estimate of drug-likeness (QED) is 0.172. The van der Waals surface area contributed by atoms with Crippen LogP contribution in [-0.2, 0) is 29.1 Å². The molecule has 0 bridgehead atoms. The molecular formula is C43H34N4O2. The number of nitrogens with zero attached hydrogens (tertiary/aromatic N) is 3. The van der Waals surface area contributed by atoms with Crippen molar-refractivity contribution in [2.24, 2.45) is 4.99 Å². The fraction of sp³-hybridized carbons (Fsp3) is 0.0930. The summed E-state index contributed by atoms with van der Waals surface area (Å²) in [4.78, 5) is 36.0. The first-order chi connectivity index (χ1) is 24.1. The van der Waals surface area contributed by atoms with Crippen LogP contribution in [0.2, 0.25) is 0 Å². The van der Waals surface area contributed by atoms with E-state index in [2.05, 4.69) is 23.5 Å². The van der Waals surface area contributed by atoms with Crippen LogP contribution in [0.15, 0.2) is 163 Å². The minimum absolute atomic E-state index is 0.0348.